The molecule has 4 aromatic rings. The van der Waals surface area contributed by atoms with Crippen molar-refractivity contribution in [2.75, 3.05) is 18.6 Å². The number of rotatable bonds is 9. The van der Waals surface area contributed by atoms with Gasteiger partial charge in [0.1, 0.15) is 17.1 Å². The van der Waals surface area contributed by atoms with Gasteiger partial charge in [-0.2, -0.15) is 0 Å². The van der Waals surface area contributed by atoms with Gasteiger partial charge in [-0.25, -0.2) is 9.69 Å². The molecule has 0 unspecified atom stereocenters. The normalized spacial score (nSPS) is 14.7. The molecule has 4 amide bonds. The summed E-state index contributed by atoms with van der Waals surface area (Å²) in [7, 11) is 1.62. The zero-order valence-electron chi connectivity index (χ0n) is 21.8. The van der Waals surface area contributed by atoms with Crippen LogP contribution in [0.5, 0.6) is 11.5 Å². The van der Waals surface area contributed by atoms with Crippen LogP contribution < -0.4 is 19.7 Å². The number of barbiturate groups is 1. The van der Waals surface area contributed by atoms with Crippen LogP contribution in [0.1, 0.15) is 24.5 Å². The molecule has 0 radical (unpaired) electrons. The van der Waals surface area contributed by atoms with Crippen LogP contribution in [0.3, 0.4) is 0 Å². The van der Waals surface area contributed by atoms with E-state index < -0.39 is 17.8 Å². The van der Waals surface area contributed by atoms with Crippen LogP contribution in [0.15, 0.2) is 84.6 Å². The molecule has 1 aliphatic heterocycles. The summed E-state index contributed by atoms with van der Waals surface area (Å²) in [5, 5.41) is 3.20. The zero-order valence-corrected chi connectivity index (χ0v) is 21.8. The molecule has 0 spiro atoms. The third-order valence-electron chi connectivity index (χ3n) is 6.68. The average Bonchev–Trinajstić information content (AvgIpc) is 3.31. The lowest BCUT2D eigenvalue weighted by atomic mass is 10.1. The first kappa shape index (κ1) is 25.8. The molecule has 1 aliphatic rings. The number of para-hydroxylation sites is 1. The van der Waals surface area contributed by atoms with Crippen LogP contribution in [0.25, 0.3) is 17.0 Å². The minimum absolute atomic E-state index is 0.0987. The summed E-state index contributed by atoms with van der Waals surface area (Å²) < 4.78 is 13.2. The van der Waals surface area contributed by atoms with Crippen LogP contribution in [-0.4, -0.2) is 36.1 Å². The van der Waals surface area contributed by atoms with Crippen LogP contribution >= 0.6 is 0 Å². The molecule has 8 heteroatoms. The molecule has 2 heterocycles. The molecular formula is C31H29N3O5. The first-order valence-electron chi connectivity index (χ1n) is 12.8. The number of aromatic nitrogens is 1. The maximum atomic E-state index is 13.4. The molecule has 1 aromatic heterocycles. The van der Waals surface area contributed by atoms with Crippen molar-refractivity contribution in [1.29, 1.82) is 0 Å². The Morgan fingerprint density at radius 1 is 0.923 bits per heavy atom. The third kappa shape index (κ3) is 5.40. The van der Waals surface area contributed by atoms with E-state index in [0.29, 0.717) is 24.4 Å². The van der Waals surface area contributed by atoms with Crippen molar-refractivity contribution in [1.82, 2.24) is 9.88 Å². The monoisotopic (exact) mass is 523 g/mol. The predicted molar refractivity (Wildman–Crippen MR) is 150 cm³/mol. The Morgan fingerprint density at radius 3 is 2.46 bits per heavy atom. The second kappa shape index (κ2) is 11.3. The quantitative estimate of drug-likeness (QED) is 0.182. The summed E-state index contributed by atoms with van der Waals surface area (Å²) in [5.74, 6) is 0.106. The molecule has 39 heavy (non-hydrogen) atoms. The number of hydrogen-bond donors (Lipinski definition) is 1. The lowest BCUT2D eigenvalue weighted by molar-refractivity contribution is -0.122. The number of benzene rings is 3. The maximum absolute atomic E-state index is 13.4. The van der Waals surface area contributed by atoms with Crippen molar-refractivity contribution in [2.45, 2.75) is 26.3 Å². The van der Waals surface area contributed by atoms with Crippen molar-refractivity contribution in [3.8, 4) is 11.5 Å². The number of amides is 4. The van der Waals surface area contributed by atoms with Crippen LogP contribution in [0.4, 0.5) is 10.5 Å². The number of carbonyl (C=O) groups is 3. The van der Waals surface area contributed by atoms with Gasteiger partial charge in [-0.3, -0.25) is 14.9 Å². The van der Waals surface area contributed by atoms with Gasteiger partial charge in [0.2, 0.25) is 0 Å². The molecule has 5 rings (SSSR count). The van der Waals surface area contributed by atoms with Crippen LogP contribution in [-0.2, 0) is 22.6 Å². The molecule has 1 fully saturated rings. The molecule has 0 bridgehead atoms. The fraction of sp³-hybridized carbons (Fsp3) is 0.194. The first-order chi connectivity index (χ1) is 19.0. The Morgan fingerprint density at radius 2 is 1.69 bits per heavy atom. The van der Waals surface area contributed by atoms with E-state index >= 15 is 0 Å². The number of anilines is 1. The van der Waals surface area contributed by atoms with Crippen LogP contribution in [0.2, 0.25) is 0 Å². The van der Waals surface area contributed by atoms with Gasteiger partial charge >= 0.3 is 6.03 Å². The Labute approximate surface area is 226 Å². The predicted octanol–water partition coefficient (Wildman–Crippen LogP) is 5.35. The largest absolute Gasteiger partial charge is 0.497 e. The number of fused-ring (bicyclic) bond motifs is 1. The molecule has 3 aromatic carbocycles. The summed E-state index contributed by atoms with van der Waals surface area (Å²) in [5.41, 5.74) is 3.08. The van der Waals surface area contributed by atoms with Crippen molar-refractivity contribution in [3.63, 3.8) is 0 Å². The maximum Gasteiger partial charge on any atom is 0.335 e. The van der Waals surface area contributed by atoms with E-state index in [1.54, 1.807) is 25.3 Å². The van der Waals surface area contributed by atoms with Gasteiger partial charge in [0.05, 0.1) is 19.4 Å². The van der Waals surface area contributed by atoms with E-state index in [9.17, 15) is 14.4 Å². The molecule has 1 saturated heterocycles. The van der Waals surface area contributed by atoms with E-state index in [1.807, 2.05) is 73.8 Å². The van der Waals surface area contributed by atoms with E-state index in [4.69, 9.17) is 9.47 Å². The van der Waals surface area contributed by atoms with Gasteiger partial charge in [-0.15, -0.1) is 0 Å². The second-order valence-electron chi connectivity index (χ2n) is 9.15. The number of methoxy groups -OCH3 is 1. The minimum Gasteiger partial charge on any atom is -0.497 e. The van der Waals surface area contributed by atoms with E-state index in [-0.39, 0.29) is 5.57 Å². The Bertz CT molecular complexity index is 1570. The van der Waals surface area contributed by atoms with Gasteiger partial charge in [0, 0.05) is 35.3 Å². The molecule has 8 nitrogen and oxygen atoms in total. The number of hydrogen-bond acceptors (Lipinski definition) is 5. The number of aryl methyl sites for hydroxylation is 2. The van der Waals surface area contributed by atoms with E-state index in [2.05, 4.69) is 9.88 Å². The third-order valence-corrected chi connectivity index (χ3v) is 6.68. The highest BCUT2D eigenvalue weighted by molar-refractivity contribution is 6.39. The zero-order chi connectivity index (χ0) is 27.4. The summed E-state index contributed by atoms with van der Waals surface area (Å²) in [6.45, 7) is 3.20. The van der Waals surface area contributed by atoms with Gasteiger partial charge in [0.15, 0.2) is 0 Å². The number of nitrogens with zero attached hydrogens (tertiary/aromatic N) is 2. The number of urea groups is 1. The minimum atomic E-state index is -0.759. The SMILES string of the molecule is CCc1ccc(N2C(=O)NC(=O)/C(=C\c3cn(CCCOc4cccc(OC)c4)c4ccccc34)C2=O)cc1. The molecule has 0 aliphatic carbocycles. The highest BCUT2D eigenvalue weighted by atomic mass is 16.5. The van der Waals surface area contributed by atoms with Crippen molar-refractivity contribution in [2.24, 2.45) is 0 Å². The molecule has 1 N–H and O–H groups in total. The molecule has 0 saturated carbocycles. The van der Waals surface area contributed by atoms with Gasteiger partial charge in [-0.1, -0.05) is 43.3 Å². The number of ether oxygens (including phenoxy) is 2. The second-order valence-corrected chi connectivity index (χ2v) is 9.15. The summed E-state index contributed by atoms with van der Waals surface area (Å²) in [4.78, 5) is 39.7. The number of imide groups is 2. The van der Waals surface area contributed by atoms with Crippen molar-refractivity contribution >= 4 is 40.5 Å². The Hall–Kier alpha value is -4.85. The summed E-state index contributed by atoms with van der Waals surface area (Å²) >= 11 is 0. The highest BCUT2D eigenvalue weighted by Crippen LogP contribution is 2.27. The van der Waals surface area contributed by atoms with Gasteiger partial charge in [0.25, 0.3) is 11.8 Å². The highest BCUT2D eigenvalue weighted by Gasteiger charge is 2.37. The lowest BCUT2D eigenvalue weighted by Gasteiger charge is -2.26. The van der Waals surface area contributed by atoms with Gasteiger partial charge in [-0.05, 0) is 54.8 Å². The Kier molecular flexibility index (Phi) is 7.45. The smallest absolute Gasteiger partial charge is 0.335 e. The topological polar surface area (TPSA) is 89.9 Å². The molecule has 0 atom stereocenters. The lowest BCUT2D eigenvalue weighted by Crippen LogP contribution is -2.54. The number of nitrogens with one attached hydrogen (secondary N) is 1. The van der Waals surface area contributed by atoms with Crippen LogP contribution in [0, 0.1) is 0 Å². The number of carbonyl (C=O) groups excluding carboxylic acids is 3. The van der Waals surface area contributed by atoms with Crippen molar-refractivity contribution < 1.29 is 23.9 Å². The standard InChI is InChI=1S/C31H29N3O5/c1-3-21-12-14-23(15-13-21)34-30(36)27(29(35)32-31(34)37)18-22-20-33(28-11-5-4-10-26(22)28)16-7-17-39-25-9-6-8-24(19-25)38-2/h4-6,8-15,18-20H,3,7,16-17H2,1-2H3,(H,32,35,37)/b27-18+. The van der Waals surface area contributed by atoms with Crippen molar-refractivity contribution in [3.05, 3.63) is 95.7 Å². The van der Waals surface area contributed by atoms with E-state index in [0.717, 1.165) is 45.7 Å². The van der Waals surface area contributed by atoms with E-state index in [1.165, 1.54) is 0 Å². The first-order valence-corrected chi connectivity index (χ1v) is 12.8. The Balaban J connectivity index is 1.37. The molecule has 198 valence electrons. The average molecular weight is 524 g/mol. The van der Waals surface area contributed by atoms with Gasteiger partial charge < -0.3 is 14.0 Å². The fourth-order valence-corrected chi connectivity index (χ4v) is 4.62. The fourth-order valence-electron chi connectivity index (χ4n) is 4.62. The summed E-state index contributed by atoms with van der Waals surface area (Å²) in [6.07, 6.45) is 5.05. The summed E-state index contributed by atoms with van der Waals surface area (Å²) in [6, 6.07) is 21.7. The molecular weight excluding hydrogens is 494 g/mol.